The Bertz CT molecular complexity index is 1050. The number of rotatable bonds is 6. The van der Waals surface area contributed by atoms with E-state index in [9.17, 15) is 19.2 Å². The highest BCUT2D eigenvalue weighted by molar-refractivity contribution is 6.22. The molecule has 0 aliphatic carbocycles. The van der Waals surface area contributed by atoms with Gasteiger partial charge in [0, 0.05) is 43.6 Å². The summed E-state index contributed by atoms with van der Waals surface area (Å²) in [6.07, 6.45) is 0.543. The van der Waals surface area contributed by atoms with E-state index in [-0.39, 0.29) is 35.0 Å². The fourth-order valence-electron chi connectivity index (χ4n) is 3.50. The van der Waals surface area contributed by atoms with Crippen LogP contribution < -0.4 is 10.6 Å². The molecule has 2 aromatic rings. The summed E-state index contributed by atoms with van der Waals surface area (Å²) in [5, 5.41) is 5.46. The lowest BCUT2D eigenvalue weighted by Gasteiger charge is -2.12. The topological polar surface area (TPSA) is 105 Å². The first-order valence-electron chi connectivity index (χ1n) is 9.21. The summed E-state index contributed by atoms with van der Waals surface area (Å²) in [6, 6.07) is 9.56. The van der Waals surface area contributed by atoms with Crippen LogP contribution in [0, 0.1) is 0 Å². The zero-order valence-corrected chi connectivity index (χ0v) is 15.8. The van der Waals surface area contributed by atoms with E-state index < -0.39 is 11.8 Å². The van der Waals surface area contributed by atoms with Crippen LogP contribution in [-0.4, -0.2) is 48.8 Å². The van der Waals surface area contributed by atoms with Crippen LogP contribution in [0.4, 0.5) is 5.69 Å². The molecule has 2 N–H and O–H groups in total. The van der Waals surface area contributed by atoms with Gasteiger partial charge in [-0.1, -0.05) is 6.07 Å². The van der Waals surface area contributed by atoms with Gasteiger partial charge in [0.15, 0.2) is 0 Å². The molecule has 0 aromatic heterocycles. The second-order valence-corrected chi connectivity index (χ2v) is 6.88. The summed E-state index contributed by atoms with van der Waals surface area (Å²) in [6.45, 7) is 1.18. The maximum absolute atomic E-state index is 12.6. The molecule has 0 radical (unpaired) electrons. The zero-order chi connectivity index (χ0) is 20.5. The van der Waals surface area contributed by atoms with Gasteiger partial charge in [-0.15, -0.1) is 0 Å². The molecule has 0 fully saturated rings. The Hall–Kier alpha value is -3.52. The predicted octanol–water partition coefficient (Wildman–Crippen LogP) is 1.81. The molecular weight excluding hydrogens is 374 g/mol. The molecule has 0 saturated heterocycles. The van der Waals surface area contributed by atoms with Crippen molar-refractivity contribution in [2.45, 2.75) is 13.0 Å². The van der Waals surface area contributed by atoms with Gasteiger partial charge < -0.3 is 15.4 Å². The number of nitrogens with zero attached hydrogens (tertiary/aromatic N) is 1. The summed E-state index contributed by atoms with van der Waals surface area (Å²) < 4.78 is 4.96. The highest BCUT2D eigenvalue weighted by Gasteiger charge is 2.35. The Morgan fingerprint density at radius 2 is 1.86 bits per heavy atom. The Morgan fingerprint density at radius 1 is 1.07 bits per heavy atom. The number of hydrogen-bond acceptors (Lipinski definition) is 5. The van der Waals surface area contributed by atoms with Crippen molar-refractivity contribution in [3.63, 3.8) is 0 Å². The number of anilines is 1. The highest BCUT2D eigenvalue weighted by Crippen LogP contribution is 2.25. The molecule has 2 heterocycles. The van der Waals surface area contributed by atoms with Crippen molar-refractivity contribution >= 4 is 29.3 Å². The van der Waals surface area contributed by atoms with E-state index in [1.165, 1.54) is 23.1 Å². The third-order valence-electron chi connectivity index (χ3n) is 5.01. The van der Waals surface area contributed by atoms with Crippen molar-refractivity contribution in [1.82, 2.24) is 10.2 Å². The van der Waals surface area contributed by atoms with Gasteiger partial charge in [0.1, 0.15) is 0 Å². The summed E-state index contributed by atoms with van der Waals surface area (Å²) in [7, 11) is 1.56. The maximum Gasteiger partial charge on any atom is 0.261 e. The monoisotopic (exact) mass is 393 g/mol. The molecule has 0 bridgehead atoms. The van der Waals surface area contributed by atoms with Crippen LogP contribution in [0.5, 0.6) is 0 Å². The Balaban J connectivity index is 1.52. The normalized spacial score (nSPS) is 14.7. The number of carbonyl (C=O) groups is 4. The van der Waals surface area contributed by atoms with Crippen molar-refractivity contribution in [3.8, 4) is 0 Å². The molecule has 4 rings (SSSR count). The smallest absolute Gasteiger partial charge is 0.261 e. The van der Waals surface area contributed by atoms with Crippen molar-refractivity contribution in [3.05, 3.63) is 64.2 Å². The molecule has 2 aliphatic rings. The molecule has 0 atom stereocenters. The fraction of sp³-hybridized carbons (Fsp3) is 0.238. The summed E-state index contributed by atoms with van der Waals surface area (Å²) in [4.78, 5) is 50.6. The molecule has 2 aromatic carbocycles. The largest absolute Gasteiger partial charge is 0.385 e. The van der Waals surface area contributed by atoms with Gasteiger partial charge in [0.05, 0.1) is 11.1 Å². The second kappa shape index (κ2) is 7.48. The van der Waals surface area contributed by atoms with E-state index in [4.69, 9.17) is 4.74 Å². The molecule has 8 heteroatoms. The van der Waals surface area contributed by atoms with Gasteiger partial charge in [0.25, 0.3) is 23.6 Å². The third kappa shape index (κ3) is 3.38. The molecule has 29 heavy (non-hydrogen) atoms. The summed E-state index contributed by atoms with van der Waals surface area (Å²) in [5.41, 5.74) is 2.66. The number of carbonyl (C=O) groups excluding carboxylic acids is 4. The minimum Gasteiger partial charge on any atom is -0.385 e. The molecule has 0 saturated carbocycles. The lowest BCUT2D eigenvalue weighted by atomic mass is 10.0. The summed E-state index contributed by atoms with van der Waals surface area (Å²) >= 11 is 0. The highest BCUT2D eigenvalue weighted by atomic mass is 16.5. The quantitative estimate of drug-likeness (QED) is 0.575. The molecule has 8 nitrogen and oxygen atoms in total. The van der Waals surface area contributed by atoms with Gasteiger partial charge in [-0.05, 0) is 42.3 Å². The number of fused-ring (bicyclic) bond motifs is 2. The first-order valence-corrected chi connectivity index (χ1v) is 9.21. The Kier molecular flexibility index (Phi) is 4.85. The number of amides is 4. The van der Waals surface area contributed by atoms with E-state index in [2.05, 4.69) is 10.6 Å². The molecule has 4 amide bonds. The van der Waals surface area contributed by atoms with Crippen LogP contribution in [0.2, 0.25) is 0 Å². The van der Waals surface area contributed by atoms with Crippen molar-refractivity contribution < 1.29 is 23.9 Å². The minimum absolute atomic E-state index is 0.175. The predicted molar refractivity (Wildman–Crippen MR) is 104 cm³/mol. The maximum atomic E-state index is 12.6. The number of methoxy groups -OCH3 is 1. The first-order chi connectivity index (χ1) is 14.0. The number of ether oxygens (including phenoxy) is 1. The Labute approximate surface area is 166 Å². The lowest BCUT2D eigenvalue weighted by molar-refractivity contribution is 0.0638. The van der Waals surface area contributed by atoms with Crippen LogP contribution in [0.3, 0.4) is 0 Å². The van der Waals surface area contributed by atoms with Crippen LogP contribution in [-0.2, 0) is 11.3 Å². The van der Waals surface area contributed by atoms with E-state index in [0.717, 1.165) is 5.56 Å². The van der Waals surface area contributed by atoms with Gasteiger partial charge in [0.2, 0.25) is 0 Å². The standard InChI is InChI=1S/C21H19N3O5/c1-29-8-2-7-24-20(27)15-6-4-12(9-17(15)21(24)28)18(25)23-14-5-3-13-11-22-19(26)16(13)10-14/h3-6,9-10H,2,7-8,11H2,1H3,(H,22,26)(H,23,25). The lowest BCUT2D eigenvalue weighted by Crippen LogP contribution is -2.31. The second-order valence-electron chi connectivity index (χ2n) is 6.88. The van der Waals surface area contributed by atoms with Gasteiger partial charge in [-0.3, -0.25) is 24.1 Å². The third-order valence-corrected chi connectivity index (χ3v) is 5.01. The molecule has 0 unspecified atom stereocenters. The van der Waals surface area contributed by atoms with Gasteiger partial charge in [-0.2, -0.15) is 0 Å². The average molecular weight is 393 g/mol. The molecular formula is C21H19N3O5. The zero-order valence-electron chi connectivity index (χ0n) is 15.8. The molecule has 2 aliphatic heterocycles. The van der Waals surface area contributed by atoms with E-state index >= 15 is 0 Å². The van der Waals surface area contributed by atoms with E-state index in [1.807, 2.05) is 0 Å². The van der Waals surface area contributed by atoms with E-state index in [1.54, 1.807) is 25.3 Å². The summed E-state index contributed by atoms with van der Waals surface area (Å²) in [5.74, 6) is -1.38. The number of imide groups is 1. The fourth-order valence-corrected chi connectivity index (χ4v) is 3.50. The minimum atomic E-state index is -0.427. The van der Waals surface area contributed by atoms with Gasteiger partial charge >= 0.3 is 0 Å². The van der Waals surface area contributed by atoms with Crippen LogP contribution in [0.25, 0.3) is 0 Å². The van der Waals surface area contributed by atoms with Crippen molar-refractivity contribution in [1.29, 1.82) is 0 Å². The van der Waals surface area contributed by atoms with Crippen LogP contribution in [0.1, 0.15) is 53.4 Å². The first kappa shape index (κ1) is 18.8. The van der Waals surface area contributed by atoms with Crippen molar-refractivity contribution in [2.75, 3.05) is 25.6 Å². The Morgan fingerprint density at radius 3 is 2.66 bits per heavy atom. The van der Waals surface area contributed by atoms with E-state index in [0.29, 0.717) is 30.8 Å². The number of hydrogen-bond donors (Lipinski definition) is 2. The average Bonchev–Trinajstić information content (AvgIpc) is 3.20. The molecule has 148 valence electrons. The SMILES string of the molecule is COCCCN1C(=O)c2ccc(C(=O)Nc3ccc4c(c3)C(=O)NC4)cc2C1=O. The molecule has 0 spiro atoms. The van der Waals surface area contributed by atoms with Crippen molar-refractivity contribution in [2.24, 2.45) is 0 Å². The van der Waals surface area contributed by atoms with Gasteiger partial charge in [-0.25, -0.2) is 0 Å². The van der Waals surface area contributed by atoms with Crippen LogP contribution in [0.15, 0.2) is 36.4 Å². The number of benzene rings is 2. The number of nitrogens with one attached hydrogen (secondary N) is 2. The van der Waals surface area contributed by atoms with Crippen LogP contribution >= 0.6 is 0 Å².